The molecule has 0 radical (unpaired) electrons. The summed E-state index contributed by atoms with van der Waals surface area (Å²) in [6.45, 7) is 5.35. The Kier molecular flexibility index (Phi) is 2.85. The number of hydrogen-bond acceptors (Lipinski definition) is 6. The predicted molar refractivity (Wildman–Crippen MR) is 69.5 cm³/mol. The number of nitrogens with zero attached hydrogens (tertiary/aromatic N) is 6. The average Bonchev–Trinajstić information content (AvgIpc) is 2.88. The van der Waals surface area contributed by atoms with Gasteiger partial charge in [-0.3, -0.25) is 0 Å². The van der Waals surface area contributed by atoms with E-state index in [1.165, 1.54) is 0 Å². The summed E-state index contributed by atoms with van der Waals surface area (Å²) in [4.78, 5) is 13.4. The lowest BCUT2D eigenvalue weighted by Gasteiger charge is -2.29. The molecule has 0 bridgehead atoms. The maximum atomic E-state index is 11.5. The molecule has 8 nitrogen and oxygen atoms in total. The van der Waals surface area contributed by atoms with Gasteiger partial charge in [0.25, 0.3) is 0 Å². The summed E-state index contributed by atoms with van der Waals surface area (Å²) in [6.07, 6.45) is 1.68. The number of hydrogen-bond donors (Lipinski definition) is 1. The Balaban J connectivity index is 2.03. The Labute approximate surface area is 115 Å². The predicted octanol–water partition coefficient (Wildman–Crippen LogP) is 0.403. The zero-order chi connectivity index (χ0) is 14.3. The van der Waals surface area contributed by atoms with Crippen LogP contribution >= 0.6 is 0 Å². The third kappa shape index (κ3) is 1.89. The van der Waals surface area contributed by atoms with Gasteiger partial charge >= 0.3 is 5.97 Å². The van der Waals surface area contributed by atoms with Crippen LogP contribution in [0.15, 0.2) is 6.33 Å². The molecular weight excluding hydrogens is 260 g/mol. The van der Waals surface area contributed by atoms with Gasteiger partial charge in [-0.25, -0.2) is 4.79 Å². The highest BCUT2D eigenvalue weighted by molar-refractivity contribution is 5.95. The van der Waals surface area contributed by atoms with Gasteiger partial charge in [0, 0.05) is 13.1 Å². The number of carboxylic acid groups (broad SMARTS) is 1. The summed E-state index contributed by atoms with van der Waals surface area (Å²) in [7, 11) is 0. The van der Waals surface area contributed by atoms with Gasteiger partial charge in [0.2, 0.25) is 0 Å². The smallest absolute Gasteiger partial charge is 0.339 e. The Morgan fingerprint density at radius 1 is 1.25 bits per heavy atom. The van der Waals surface area contributed by atoms with Crippen LogP contribution < -0.4 is 4.90 Å². The summed E-state index contributed by atoms with van der Waals surface area (Å²) in [6, 6.07) is 0. The van der Waals surface area contributed by atoms with Gasteiger partial charge in [-0.1, -0.05) is 0 Å². The van der Waals surface area contributed by atoms with Gasteiger partial charge in [0.15, 0.2) is 11.6 Å². The fourth-order valence-electron chi connectivity index (χ4n) is 2.32. The van der Waals surface area contributed by atoms with E-state index in [4.69, 9.17) is 0 Å². The SMILES string of the molecule is Cc1nnc(N2CCn3cnnc3C2)c(C(=O)O)c1C. The molecule has 1 aliphatic rings. The van der Waals surface area contributed by atoms with Crippen LogP contribution in [0.2, 0.25) is 0 Å². The number of carboxylic acids is 1. The van der Waals surface area contributed by atoms with Gasteiger partial charge in [-0.15, -0.1) is 15.3 Å². The lowest BCUT2D eigenvalue weighted by atomic mass is 10.1. The number of aromatic carboxylic acids is 1. The molecule has 0 spiro atoms. The number of fused-ring (bicyclic) bond motifs is 1. The molecule has 3 heterocycles. The van der Waals surface area contributed by atoms with E-state index in [1.807, 2.05) is 9.47 Å². The van der Waals surface area contributed by atoms with Crippen molar-refractivity contribution < 1.29 is 9.90 Å². The molecule has 3 rings (SSSR count). The molecule has 2 aromatic rings. The van der Waals surface area contributed by atoms with Crippen LogP contribution in [0.1, 0.15) is 27.4 Å². The van der Waals surface area contributed by atoms with E-state index in [0.29, 0.717) is 36.7 Å². The molecule has 0 atom stereocenters. The number of carbonyl (C=O) groups is 1. The molecule has 0 unspecified atom stereocenters. The Hall–Kier alpha value is -2.51. The molecule has 2 aromatic heterocycles. The second-order valence-corrected chi connectivity index (χ2v) is 4.78. The summed E-state index contributed by atoms with van der Waals surface area (Å²) in [5.74, 6) is 0.213. The molecule has 0 fully saturated rings. The van der Waals surface area contributed by atoms with Crippen molar-refractivity contribution in [1.29, 1.82) is 0 Å². The average molecular weight is 274 g/mol. The first-order valence-corrected chi connectivity index (χ1v) is 6.26. The molecule has 20 heavy (non-hydrogen) atoms. The van der Waals surface area contributed by atoms with E-state index in [2.05, 4.69) is 20.4 Å². The maximum absolute atomic E-state index is 11.5. The minimum absolute atomic E-state index is 0.213. The quantitative estimate of drug-likeness (QED) is 0.846. The topological polar surface area (TPSA) is 97.0 Å². The summed E-state index contributed by atoms with van der Waals surface area (Å²) >= 11 is 0. The normalized spacial score (nSPS) is 14.2. The van der Waals surface area contributed by atoms with E-state index < -0.39 is 5.97 Å². The second-order valence-electron chi connectivity index (χ2n) is 4.78. The first kappa shape index (κ1) is 12.5. The van der Waals surface area contributed by atoms with Gasteiger partial charge in [-0.05, 0) is 19.4 Å². The highest BCUT2D eigenvalue weighted by atomic mass is 16.4. The fourth-order valence-corrected chi connectivity index (χ4v) is 2.32. The first-order chi connectivity index (χ1) is 9.58. The standard InChI is InChI=1S/C12H14N6O2/c1-7-8(2)14-16-11(10(7)12(19)20)17-3-4-18-6-13-15-9(18)5-17/h6H,3-5H2,1-2H3,(H,19,20). The molecule has 104 valence electrons. The van der Waals surface area contributed by atoms with Crippen molar-refractivity contribution in [2.24, 2.45) is 0 Å². The second kappa shape index (κ2) is 4.55. The Morgan fingerprint density at radius 3 is 2.80 bits per heavy atom. The zero-order valence-electron chi connectivity index (χ0n) is 11.2. The molecule has 0 amide bonds. The van der Waals surface area contributed by atoms with E-state index in [1.54, 1.807) is 20.2 Å². The van der Waals surface area contributed by atoms with Crippen molar-refractivity contribution in [3.63, 3.8) is 0 Å². The number of aryl methyl sites for hydroxylation is 1. The van der Waals surface area contributed by atoms with Crippen molar-refractivity contribution >= 4 is 11.8 Å². The van der Waals surface area contributed by atoms with Crippen LogP contribution in [0.5, 0.6) is 0 Å². The molecule has 0 aromatic carbocycles. The summed E-state index contributed by atoms with van der Waals surface area (Å²) in [5.41, 5.74) is 1.49. The van der Waals surface area contributed by atoms with Gasteiger partial charge in [0.1, 0.15) is 11.9 Å². The van der Waals surface area contributed by atoms with Crippen LogP contribution in [-0.2, 0) is 13.1 Å². The molecular formula is C12H14N6O2. The number of anilines is 1. The Bertz CT molecular complexity index is 681. The van der Waals surface area contributed by atoms with E-state index >= 15 is 0 Å². The van der Waals surface area contributed by atoms with Gasteiger partial charge in [-0.2, -0.15) is 5.10 Å². The molecule has 1 aliphatic heterocycles. The van der Waals surface area contributed by atoms with Crippen LogP contribution in [-0.4, -0.2) is 42.6 Å². The van der Waals surface area contributed by atoms with Crippen molar-refractivity contribution in [1.82, 2.24) is 25.0 Å². The molecule has 0 saturated carbocycles. The fraction of sp³-hybridized carbons (Fsp3) is 0.417. The summed E-state index contributed by atoms with van der Waals surface area (Å²) in [5, 5.41) is 25.4. The van der Waals surface area contributed by atoms with Crippen molar-refractivity contribution in [2.45, 2.75) is 26.9 Å². The molecule has 1 N–H and O–H groups in total. The van der Waals surface area contributed by atoms with Gasteiger partial charge in [0.05, 0.1) is 12.2 Å². The van der Waals surface area contributed by atoms with E-state index in [0.717, 1.165) is 5.82 Å². The van der Waals surface area contributed by atoms with E-state index in [-0.39, 0.29) is 5.56 Å². The Morgan fingerprint density at radius 2 is 2.05 bits per heavy atom. The van der Waals surface area contributed by atoms with Crippen molar-refractivity contribution in [3.05, 3.63) is 29.0 Å². The van der Waals surface area contributed by atoms with Crippen LogP contribution in [0, 0.1) is 13.8 Å². The lowest BCUT2D eigenvalue weighted by molar-refractivity contribution is 0.0696. The monoisotopic (exact) mass is 274 g/mol. The van der Waals surface area contributed by atoms with Crippen LogP contribution in [0.25, 0.3) is 0 Å². The highest BCUT2D eigenvalue weighted by Crippen LogP contribution is 2.25. The maximum Gasteiger partial charge on any atom is 0.339 e. The van der Waals surface area contributed by atoms with Crippen molar-refractivity contribution in [2.75, 3.05) is 11.4 Å². The summed E-state index contributed by atoms with van der Waals surface area (Å²) < 4.78 is 1.95. The van der Waals surface area contributed by atoms with Crippen LogP contribution in [0.4, 0.5) is 5.82 Å². The minimum Gasteiger partial charge on any atom is -0.478 e. The largest absolute Gasteiger partial charge is 0.478 e. The minimum atomic E-state index is -0.984. The zero-order valence-corrected chi connectivity index (χ0v) is 11.2. The lowest BCUT2D eigenvalue weighted by Crippen LogP contribution is -2.35. The molecule has 0 saturated heterocycles. The first-order valence-electron chi connectivity index (χ1n) is 6.26. The number of aromatic nitrogens is 5. The van der Waals surface area contributed by atoms with Gasteiger partial charge < -0.3 is 14.6 Å². The van der Waals surface area contributed by atoms with Crippen LogP contribution in [0.3, 0.4) is 0 Å². The molecule has 0 aliphatic carbocycles. The van der Waals surface area contributed by atoms with Crippen molar-refractivity contribution in [3.8, 4) is 0 Å². The number of rotatable bonds is 2. The molecule has 8 heteroatoms. The van der Waals surface area contributed by atoms with E-state index in [9.17, 15) is 9.90 Å². The third-order valence-corrected chi connectivity index (χ3v) is 3.59. The third-order valence-electron chi connectivity index (χ3n) is 3.59. The highest BCUT2D eigenvalue weighted by Gasteiger charge is 2.25.